The second-order valence-corrected chi connectivity index (χ2v) is 10.5. The van der Waals surface area contributed by atoms with Gasteiger partial charge in [-0.1, -0.05) is 37.8 Å². The predicted octanol–water partition coefficient (Wildman–Crippen LogP) is 5.67. The van der Waals surface area contributed by atoms with Crippen molar-refractivity contribution in [3.63, 3.8) is 0 Å². The molecule has 1 saturated carbocycles. The monoisotopic (exact) mass is 585 g/mol. The Hall–Kier alpha value is -2.91. The molecule has 2 aromatic carbocycles. The maximum absolute atomic E-state index is 14.0. The summed E-state index contributed by atoms with van der Waals surface area (Å²) in [6.45, 7) is 2.70. The van der Waals surface area contributed by atoms with Gasteiger partial charge in [0.2, 0.25) is 5.91 Å². The summed E-state index contributed by atoms with van der Waals surface area (Å²) in [6.07, 6.45) is 6.22. The summed E-state index contributed by atoms with van der Waals surface area (Å²) in [4.78, 5) is 34.3. The third-order valence-corrected chi connectivity index (χ3v) is 8.23. The van der Waals surface area contributed by atoms with Gasteiger partial charge in [-0.2, -0.15) is 0 Å². The molecule has 0 bridgehead atoms. The first-order valence-corrected chi connectivity index (χ1v) is 13.9. The van der Waals surface area contributed by atoms with Gasteiger partial charge in [0.1, 0.15) is 17.3 Å². The number of rotatable bonds is 11. The van der Waals surface area contributed by atoms with Gasteiger partial charge in [0, 0.05) is 32.2 Å². The van der Waals surface area contributed by atoms with Crippen molar-refractivity contribution in [3.8, 4) is 17.2 Å². The lowest BCUT2D eigenvalue weighted by Gasteiger charge is -2.31. The normalized spacial score (nSPS) is 14.6. The van der Waals surface area contributed by atoms with Crippen LogP contribution in [0.1, 0.15) is 57.3 Å². The maximum atomic E-state index is 14.0. The Morgan fingerprint density at radius 2 is 1.89 bits per heavy atom. The van der Waals surface area contributed by atoms with E-state index >= 15 is 0 Å². The standard InChI is InChI=1S/C29H36BrN3O5/c1-19(32(15-16-36-2)26(34)14-13-20-9-5-6-10-20)28-31-23-12-8-7-11-22(23)29(35)33(28)24-17-21(37-3)18-25(38-4)27(24)30/h7-8,11-12,17-20H,5-6,9-10,13-16H2,1-4H3. The molecule has 1 amide bonds. The number of methoxy groups -OCH3 is 3. The van der Waals surface area contributed by atoms with Crippen LogP contribution in [-0.2, 0) is 9.53 Å². The first-order chi connectivity index (χ1) is 18.4. The third-order valence-electron chi connectivity index (χ3n) is 7.43. The molecule has 1 aromatic heterocycles. The van der Waals surface area contributed by atoms with Crippen molar-refractivity contribution < 1.29 is 19.0 Å². The molecule has 4 rings (SSSR count). The van der Waals surface area contributed by atoms with Crippen LogP contribution in [0.3, 0.4) is 0 Å². The predicted molar refractivity (Wildman–Crippen MR) is 151 cm³/mol. The summed E-state index contributed by atoms with van der Waals surface area (Å²) in [5, 5.41) is 0.480. The number of aromatic nitrogens is 2. The van der Waals surface area contributed by atoms with Crippen molar-refractivity contribution >= 4 is 32.7 Å². The number of fused-ring (bicyclic) bond motifs is 1. The average molecular weight is 587 g/mol. The molecule has 0 spiro atoms. The Morgan fingerprint density at radius 1 is 1.16 bits per heavy atom. The molecule has 1 aliphatic carbocycles. The minimum Gasteiger partial charge on any atom is -0.497 e. The summed E-state index contributed by atoms with van der Waals surface area (Å²) in [7, 11) is 4.74. The molecule has 9 heteroatoms. The van der Waals surface area contributed by atoms with Crippen LogP contribution in [0, 0.1) is 5.92 Å². The fraction of sp³-hybridized carbons (Fsp3) is 0.483. The van der Waals surface area contributed by atoms with Crippen LogP contribution in [0.15, 0.2) is 45.7 Å². The highest BCUT2D eigenvalue weighted by molar-refractivity contribution is 9.10. The minimum atomic E-state index is -0.498. The Bertz CT molecular complexity index is 1340. The number of halogens is 1. The van der Waals surface area contributed by atoms with E-state index in [9.17, 15) is 9.59 Å². The number of carbonyl (C=O) groups is 1. The van der Waals surface area contributed by atoms with Gasteiger partial charge in [-0.3, -0.25) is 14.2 Å². The number of benzene rings is 2. The SMILES string of the molecule is COCCN(C(=O)CCC1CCCC1)C(C)c1nc2ccccc2c(=O)n1-c1cc(OC)cc(OC)c1Br. The zero-order valence-corrected chi connectivity index (χ0v) is 24.1. The van der Waals surface area contributed by atoms with E-state index < -0.39 is 6.04 Å². The highest BCUT2D eigenvalue weighted by Gasteiger charge is 2.29. The minimum absolute atomic E-state index is 0.0395. The van der Waals surface area contributed by atoms with E-state index in [0.717, 1.165) is 6.42 Å². The van der Waals surface area contributed by atoms with E-state index in [0.29, 0.717) is 63.9 Å². The molecular weight excluding hydrogens is 550 g/mol. The molecule has 204 valence electrons. The fourth-order valence-electron chi connectivity index (χ4n) is 5.28. The lowest BCUT2D eigenvalue weighted by atomic mass is 10.0. The summed E-state index contributed by atoms with van der Waals surface area (Å²) in [5.41, 5.74) is 0.863. The van der Waals surface area contributed by atoms with E-state index in [1.54, 1.807) is 49.0 Å². The van der Waals surface area contributed by atoms with Crippen molar-refractivity contribution in [1.29, 1.82) is 0 Å². The van der Waals surface area contributed by atoms with Crippen LogP contribution < -0.4 is 15.0 Å². The molecule has 0 N–H and O–H groups in total. The second kappa shape index (κ2) is 12.8. The summed E-state index contributed by atoms with van der Waals surface area (Å²) in [6, 6.07) is 10.3. The Morgan fingerprint density at radius 3 is 2.58 bits per heavy atom. The zero-order valence-electron chi connectivity index (χ0n) is 22.5. The third kappa shape index (κ3) is 5.89. The molecule has 1 heterocycles. The van der Waals surface area contributed by atoms with Crippen LogP contribution in [0.25, 0.3) is 16.6 Å². The van der Waals surface area contributed by atoms with Gasteiger partial charge in [0.05, 0.1) is 47.9 Å². The van der Waals surface area contributed by atoms with E-state index in [-0.39, 0.29) is 11.5 Å². The molecule has 1 atom stereocenters. The summed E-state index contributed by atoms with van der Waals surface area (Å²) in [5.74, 6) is 2.15. The molecule has 1 aliphatic rings. The number of carbonyl (C=O) groups excluding carboxylic acids is 1. The van der Waals surface area contributed by atoms with Crippen molar-refractivity contribution in [1.82, 2.24) is 14.5 Å². The molecule has 3 aromatic rings. The first kappa shape index (κ1) is 28.1. The molecule has 0 aliphatic heterocycles. The molecule has 38 heavy (non-hydrogen) atoms. The number of amides is 1. The largest absolute Gasteiger partial charge is 0.497 e. The average Bonchev–Trinajstić information content (AvgIpc) is 3.46. The molecule has 1 unspecified atom stereocenters. The van der Waals surface area contributed by atoms with E-state index in [1.807, 2.05) is 25.1 Å². The second-order valence-electron chi connectivity index (χ2n) is 9.74. The smallest absolute Gasteiger partial charge is 0.266 e. The van der Waals surface area contributed by atoms with Gasteiger partial charge in [0.25, 0.3) is 5.56 Å². The number of hydrogen-bond donors (Lipinski definition) is 0. The fourth-order valence-corrected chi connectivity index (χ4v) is 5.85. The molecule has 0 radical (unpaired) electrons. The van der Waals surface area contributed by atoms with E-state index in [2.05, 4.69) is 15.9 Å². The highest BCUT2D eigenvalue weighted by Crippen LogP contribution is 2.37. The van der Waals surface area contributed by atoms with Crippen molar-refractivity contribution in [3.05, 3.63) is 57.0 Å². The highest BCUT2D eigenvalue weighted by atomic mass is 79.9. The Balaban J connectivity index is 1.85. The molecule has 8 nitrogen and oxygen atoms in total. The van der Waals surface area contributed by atoms with E-state index in [4.69, 9.17) is 19.2 Å². The molecule has 0 saturated heterocycles. The number of nitrogens with zero attached hydrogens (tertiary/aromatic N) is 3. The Labute approximate surface area is 232 Å². The summed E-state index contributed by atoms with van der Waals surface area (Å²) < 4.78 is 18.6. The van der Waals surface area contributed by atoms with Gasteiger partial charge in [-0.05, 0) is 47.3 Å². The van der Waals surface area contributed by atoms with Gasteiger partial charge in [-0.25, -0.2) is 4.98 Å². The number of para-hydroxylation sites is 1. The Kier molecular flexibility index (Phi) is 9.44. The van der Waals surface area contributed by atoms with Gasteiger partial charge in [0.15, 0.2) is 0 Å². The number of hydrogen-bond acceptors (Lipinski definition) is 6. The first-order valence-electron chi connectivity index (χ1n) is 13.1. The van der Waals surface area contributed by atoms with Crippen LogP contribution in [0.4, 0.5) is 0 Å². The van der Waals surface area contributed by atoms with Crippen LogP contribution in [0.2, 0.25) is 0 Å². The lowest BCUT2D eigenvalue weighted by molar-refractivity contribution is -0.134. The zero-order chi connectivity index (χ0) is 27.2. The van der Waals surface area contributed by atoms with Crippen LogP contribution in [-0.4, -0.2) is 54.8 Å². The lowest BCUT2D eigenvalue weighted by Crippen LogP contribution is -2.39. The van der Waals surface area contributed by atoms with E-state index in [1.165, 1.54) is 25.7 Å². The molecular formula is C29H36BrN3O5. The van der Waals surface area contributed by atoms with Gasteiger partial charge >= 0.3 is 0 Å². The number of ether oxygens (including phenoxy) is 3. The van der Waals surface area contributed by atoms with Crippen LogP contribution >= 0.6 is 15.9 Å². The quantitative estimate of drug-likeness (QED) is 0.288. The van der Waals surface area contributed by atoms with Gasteiger partial charge in [-0.15, -0.1) is 0 Å². The summed E-state index contributed by atoms with van der Waals surface area (Å²) >= 11 is 3.62. The molecule has 1 fully saturated rings. The van der Waals surface area contributed by atoms with Crippen molar-refractivity contribution in [2.24, 2.45) is 5.92 Å². The van der Waals surface area contributed by atoms with Crippen molar-refractivity contribution in [2.75, 3.05) is 34.5 Å². The van der Waals surface area contributed by atoms with Crippen LogP contribution in [0.5, 0.6) is 11.5 Å². The van der Waals surface area contributed by atoms with Gasteiger partial charge < -0.3 is 19.1 Å². The van der Waals surface area contributed by atoms with Crippen molar-refractivity contribution in [2.45, 2.75) is 51.5 Å². The topological polar surface area (TPSA) is 82.9 Å². The maximum Gasteiger partial charge on any atom is 0.266 e.